The van der Waals surface area contributed by atoms with Crippen molar-refractivity contribution >= 4 is 86.5 Å². The zero-order chi connectivity index (χ0) is 24.4. The van der Waals surface area contributed by atoms with Crippen LogP contribution < -0.4 is 10.6 Å². The first kappa shape index (κ1) is 25.4. The van der Waals surface area contributed by atoms with Crippen LogP contribution in [0.2, 0.25) is 0 Å². The second-order valence-corrected chi connectivity index (χ2v) is 10.3. The monoisotopic (exact) mass is 637 g/mol. The van der Waals surface area contributed by atoms with Gasteiger partial charge in [-0.15, -0.1) is 23.4 Å². The Kier molecular flexibility index (Phi) is 8.17. The number of carbonyl (C=O) groups excluding carboxylic acids is 1. The van der Waals surface area contributed by atoms with Crippen LogP contribution in [0.1, 0.15) is 11.1 Å². The summed E-state index contributed by atoms with van der Waals surface area (Å²) in [5, 5.41) is 30.6. The van der Waals surface area contributed by atoms with E-state index in [1.54, 1.807) is 30.1 Å². The lowest BCUT2D eigenvalue weighted by atomic mass is 9.97. The highest BCUT2D eigenvalue weighted by molar-refractivity contribution is 14.1. The third kappa shape index (κ3) is 4.85. The number of hydrogen-bond donors (Lipinski definition) is 4. The van der Waals surface area contributed by atoms with Crippen LogP contribution in [0.25, 0.3) is 5.57 Å². The van der Waals surface area contributed by atoms with Gasteiger partial charge < -0.3 is 28.9 Å². The van der Waals surface area contributed by atoms with E-state index in [-0.39, 0.29) is 11.4 Å². The lowest BCUT2D eigenvalue weighted by Gasteiger charge is -2.55. The molecule has 0 bridgehead atoms. The molecule has 0 aromatic heterocycles. The molecular weight excluding hydrogens is 617 g/mol. The molecule has 1 saturated heterocycles. The van der Waals surface area contributed by atoms with Crippen molar-refractivity contribution in [2.45, 2.75) is 29.6 Å². The average molecular weight is 638 g/mol. The maximum absolute atomic E-state index is 13.0. The minimum absolute atomic E-state index is 0.0281. The molecule has 4 rings (SSSR count). The standard InChI is InChI=1S/C20H21ClIN5O5S2/c1-23-20-24-12(8-34-20)13(26-32-22)16(28)25-14-17(29)27-15(19(30)31)11(7-33-18(14)27)10-4-2-9(6-21)3-5-10/h2-5,12,14,17-18,29H,6-8H2,1H3,(H,23,24)(H,25,28)(H,30,31)/b26-13-/t12?,14-,17-,18?/m1/s1. The van der Waals surface area contributed by atoms with E-state index in [0.29, 0.717) is 28.1 Å². The number of nitrogens with one attached hydrogen (secondary N) is 2. The number of aliphatic hydroxyl groups excluding tert-OH is 1. The van der Waals surface area contributed by atoms with E-state index in [4.69, 9.17) is 14.8 Å². The van der Waals surface area contributed by atoms with Gasteiger partial charge >= 0.3 is 5.97 Å². The number of hydrogen-bond acceptors (Lipinski definition) is 10. The van der Waals surface area contributed by atoms with Crippen LogP contribution in [0.5, 0.6) is 0 Å². The number of carbonyl (C=O) groups is 2. The van der Waals surface area contributed by atoms with Crippen LogP contribution in [0.4, 0.5) is 0 Å². The van der Waals surface area contributed by atoms with Gasteiger partial charge in [-0.3, -0.25) is 9.79 Å². The van der Waals surface area contributed by atoms with E-state index < -0.39 is 35.6 Å². The van der Waals surface area contributed by atoms with Gasteiger partial charge in [0.15, 0.2) is 17.1 Å². The quantitative estimate of drug-likeness (QED) is 0.153. The van der Waals surface area contributed by atoms with Gasteiger partial charge in [-0.05, 0) is 11.1 Å². The smallest absolute Gasteiger partial charge is 0.352 e. The number of aliphatic hydroxyl groups is 1. The number of halogens is 2. The third-order valence-electron chi connectivity index (χ3n) is 5.63. The topological polar surface area (TPSA) is 136 Å². The van der Waals surface area contributed by atoms with E-state index in [2.05, 4.69) is 20.8 Å². The largest absolute Gasteiger partial charge is 0.477 e. The Morgan fingerprint density at radius 1 is 1.38 bits per heavy atom. The van der Waals surface area contributed by atoms with Crippen LogP contribution in [-0.4, -0.2) is 80.1 Å². The third-order valence-corrected chi connectivity index (χ3v) is 8.52. The number of benzene rings is 1. The Balaban J connectivity index is 1.53. The first-order valence-corrected chi connectivity index (χ1v) is 13.6. The molecule has 0 saturated carbocycles. The Hall–Kier alpha value is -1.68. The summed E-state index contributed by atoms with van der Waals surface area (Å²) >= 11 is 10.3. The van der Waals surface area contributed by atoms with Gasteiger partial charge in [0.25, 0.3) is 5.91 Å². The minimum atomic E-state index is -1.21. The molecule has 1 aromatic carbocycles. The molecule has 4 N–H and O–H groups in total. The average Bonchev–Trinajstić information content (AvgIpc) is 3.33. The number of carboxylic acids is 1. The van der Waals surface area contributed by atoms with Crippen molar-refractivity contribution in [3.63, 3.8) is 0 Å². The van der Waals surface area contributed by atoms with Crippen molar-refractivity contribution < 1.29 is 23.0 Å². The first-order chi connectivity index (χ1) is 16.4. The van der Waals surface area contributed by atoms with Gasteiger partial charge in [0.05, 0.1) is 0 Å². The highest BCUT2D eigenvalue weighted by Gasteiger charge is 2.54. The molecule has 1 fully saturated rings. The van der Waals surface area contributed by atoms with Crippen molar-refractivity contribution in [1.29, 1.82) is 0 Å². The number of nitrogens with zero attached hydrogens (tertiary/aromatic N) is 3. The second kappa shape index (κ2) is 10.9. The highest BCUT2D eigenvalue weighted by atomic mass is 127. The molecule has 14 heteroatoms. The zero-order valence-corrected chi connectivity index (χ0v) is 22.3. The lowest BCUT2D eigenvalue weighted by molar-refractivity contribution is -0.146. The fraction of sp³-hybridized carbons (Fsp3) is 0.400. The first-order valence-electron chi connectivity index (χ1n) is 10.1. The van der Waals surface area contributed by atoms with E-state index >= 15 is 0 Å². The van der Waals surface area contributed by atoms with Crippen molar-refractivity contribution in [1.82, 2.24) is 15.5 Å². The highest BCUT2D eigenvalue weighted by Crippen LogP contribution is 2.45. The van der Waals surface area contributed by atoms with Crippen LogP contribution in [0, 0.1) is 0 Å². The van der Waals surface area contributed by atoms with Gasteiger partial charge in [0.1, 0.15) is 23.2 Å². The summed E-state index contributed by atoms with van der Waals surface area (Å²) in [6, 6.07) is 6.17. The summed E-state index contributed by atoms with van der Waals surface area (Å²) < 4.78 is 4.83. The molecule has 2 unspecified atom stereocenters. The van der Waals surface area contributed by atoms with Gasteiger partial charge in [0, 0.05) is 30.0 Å². The molecule has 3 aliphatic heterocycles. The van der Waals surface area contributed by atoms with E-state index in [1.807, 2.05) is 24.3 Å². The molecule has 3 aliphatic rings. The fourth-order valence-corrected chi connectivity index (χ4v) is 6.68. The Bertz CT molecular complexity index is 1070. The Labute approximate surface area is 223 Å². The fourth-order valence-electron chi connectivity index (χ4n) is 3.95. The van der Waals surface area contributed by atoms with Crippen molar-refractivity contribution in [3.05, 3.63) is 41.1 Å². The van der Waals surface area contributed by atoms with Crippen LogP contribution in [0.3, 0.4) is 0 Å². The summed E-state index contributed by atoms with van der Waals surface area (Å²) in [4.78, 5) is 31.0. The molecule has 0 spiro atoms. The Morgan fingerprint density at radius 3 is 2.71 bits per heavy atom. The summed E-state index contributed by atoms with van der Waals surface area (Å²) in [6.45, 7) is 0. The number of amides is 1. The van der Waals surface area contributed by atoms with E-state index in [1.165, 1.54) is 28.4 Å². The number of thioether (sulfide) groups is 2. The second-order valence-electron chi connectivity index (χ2n) is 7.54. The van der Waals surface area contributed by atoms with Crippen molar-refractivity contribution in [2.75, 3.05) is 18.6 Å². The number of amidine groups is 1. The SMILES string of the molecule is CNC1=NC(/C(=N/OI)C(=O)N[C@H]2C3SCC(c4ccc(CCl)cc4)=C(C(=O)O)N3[C@@H]2O)CS1. The van der Waals surface area contributed by atoms with Crippen LogP contribution in [0.15, 0.2) is 40.1 Å². The molecule has 1 aromatic rings. The normalized spacial score (nSPS) is 26.4. The van der Waals surface area contributed by atoms with Gasteiger partial charge in [-0.2, -0.15) is 0 Å². The maximum Gasteiger partial charge on any atom is 0.352 e. The number of oxime groups is 1. The molecule has 3 heterocycles. The van der Waals surface area contributed by atoms with Crippen molar-refractivity contribution in [2.24, 2.45) is 10.1 Å². The molecule has 0 aliphatic carbocycles. The molecule has 4 atom stereocenters. The molecule has 1 amide bonds. The van der Waals surface area contributed by atoms with E-state index in [9.17, 15) is 19.8 Å². The molecule has 34 heavy (non-hydrogen) atoms. The number of rotatable bonds is 7. The van der Waals surface area contributed by atoms with Gasteiger partial charge in [-0.1, -0.05) is 41.2 Å². The Morgan fingerprint density at radius 2 is 2.12 bits per heavy atom. The van der Waals surface area contributed by atoms with Gasteiger partial charge in [-0.25, -0.2) is 4.79 Å². The molecular formula is C20H21ClIN5O5S2. The maximum atomic E-state index is 13.0. The predicted molar refractivity (Wildman–Crippen MR) is 142 cm³/mol. The summed E-state index contributed by atoms with van der Waals surface area (Å²) in [5.74, 6) is -0.352. The van der Waals surface area contributed by atoms with Crippen LogP contribution >= 0.6 is 58.1 Å². The predicted octanol–water partition coefficient (Wildman–Crippen LogP) is 1.83. The summed E-state index contributed by atoms with van der Waals surface area (Å²) in [5.41, 5.74) is 2.40. The van der Waals surface area contributed by atoms with Crippen molar-refractivity contribution in [3.8, 4) is 0 Å². The summed E-state index contributed by atoms with van der Waals surface area (Å²) in [6.07, 6.45) is -1.21. The minimum Gasteiger partial charge on any atom is -0.477 e. The van der Waals surface area contributed by atoms with Crippen LogP contribution in [-0.2, 0) is 18.6 Å². The zero-order valence-electron chi connectivity index (χ0n) is 17.8. The molecule has 182 valence electrons. The summed E-state index contributed by atoms with van der Waals surface area (Å²) in [7, 11) is 1.74. The van der Waals surface area contributed by atoms with E-state index in [0.717, 1.165) is 11.1 Å². The number of fused-ring (bicyclic) bond motifs is 1. The van der Waals surface area contributed by atoms with Gasteiger partial charge in [0.2, 0.25) is 23.0 Å². The molecule has 0 radical (unpaired) electrons. The number of aliphatic imine (C=N–C) groups is 1. The molecule has 10 nitrogen and oxygen atoms in total. The lowest BCUT2D eigenvalue weighted by Crippen LogP contribution is -2.73. The number of alkyl halides is 1. The number of aliphatic carboxylic acids is 1. The number of carboxylic acid groups (broad SMARTS) is 1.